The monoisotopic (exact) mass is 455 g/mol. The number of aromatic nitrogens is 1. The summed E-state index contributed by atoms with van der Waals surface area (Å²) in [5, 5.41) is 0.698. The standard InChI is InChI=1S/C24H29N3O4S/c1-24(2,3)31-23(28)27-15-13-26(14-16-27)20-12-8-11-19-21(17-25(4)22(19)20)32(29,30)18-9-6-5-7-10-18/h5-12,17H,13-16H2,1-4H3. The second-order valence-electron chi connectivity index (χ2n) is 9.05. The molecule has 1 aliphatic rings. The number of benzene rings is 2. The van der Waals surface area contributed by atoms with E-state index in [1.54, 1.807) is 41.4 Å². The van der Waals surface area contributed by atoms with E-state index in [9.17, 15) is 13.2 Å². The molecule has 3 aromatic rings. The van der Waals surface area contributed by atoms with Crippen molar-refractivity contribution in [2.75, 3.05) is 31.1 Å². The lowest BCUT2D eigenvalue weighted by Crippen LogP contribution is -2.50. The van der Waals surface area contributed by atoms with Crippen LogP contribution in [0.5, 0.6) is 0 Å². The number of aryl methyl sites for hydroxylation is 1. The van der Waals surface area contributed by atoms with Crippen LogP contribution in [0.1, 0.15) is 20.8 Å². The molecule has 4 rings (SSSR count). The van der Waals surface area contributed by atoms with Gasteiger partial charge in [-0.3, -0.25) is 0 Å². The van der Waals surface area contributed by atoms with E-state index in [-0.39, 0.29) is 11.0 Å². The van der Waals surface area contributed by atoms with Gasteiger partial charge >= 0.3 is 6.09 Å². The first-order chi connectivity index (χ1) is 15.1. The number of para-hydroxylation sites is 1. The number of anilines is 1. The van der Waals surface area contributed by atoms with Crippen molar-refractivity contribution < 1.29 is 17.9 Å². The van der Waals surface area contributed by atoms with Crippen molar-refractivity contribution >= 4 is 32.5 Å². The fraction of sp³-hybridized carbons (Fsp3) is 0.375. The van der Waals surface area contributed by atoms with E-state index in [2.05, 4.69) is 4.90 Å². The number of ether oxygens (including phenoxy) is 1. The van der Waals surface area contributed by atoms with Gasteiger partial charge in [-0.25, -0.2) is 13.2 Å². The Balaban J connectivity index is 1.63. The summed E-state index contributed by atoms with van der Waals surface area (Å²) >= 11 is 0. The van der Waals surface area contributed by atoms with Gasteiger partial charge in [-0.2, -0.15) is 0 Å². The molecule has 0 atom stereocenters. The maximum atomic E-state index is 13.3. The third kappa shape index (κ3) is 4.19. The van der Waals surface area contributed by atoms with Crippen molar-refractivity contribution in [3.63, 3.8) is 0 Å². The summed E-state index contributed by atoms with van der Waals surface area (Å²) in [6.45, 7) is 7.96. The zero-order valence-corrected chi connectivity index (χ0v) is 19.7. The van der Waals surface area contributed by atoms with Gasteiger partial charge in [0.05, 0.1) is 21.0 Å². The first kappa shape index (κ1) is 22.2. The number of rotatable bonds is 3. The number of hydrogen-bond acceptors (Lipinski definition) is 5. The van der Waals surface area contributed by atoms with Gasteiger partial charge in [0, 0.05) is 44.8 Å². The lowest BCUT2D eigenvalue weighted by molar-refractivity contribution is 0.0240. The highest BCUT2D eigenvalue weighted by molar-refractivity contribution is 7.91. The summed E-state index contributed by atoms with van der Waals surface area (Å²) in [4.78, 5) is 16.9. The molecule has 0 saturated carbocycles. The molecule has 0 unspecified atom stereocenters. The molecular formula is C24H29N3O4S. The van der Waals surface area contributed by atoms with E-state index in [1.807, 2.05) is 50.6 Å². The van der Waals surface area contributed by atoms with Gasteiger partial charge in [-0.05, 0) is 39.0 Å². The van der Waals surface area contributed by atoms with Crippen molar-refractivity contribution in [2.45, 2.75) is 36.2 Å². The van der Waals surface area contributed by atoms with Crippen LogP contribution in [-0.4, -0.2) is 55.8 Å². The predicted octanol–water partition coefficient (Wildman–Crippen LogP) is 4.07. The summed E-state index contributed by atoms with van der Waals surface area (Å²) < 4.78 is 34.0. The fourth-order valence-electron chi connectivity index (χ4n) is 4.06. The normalized spacial score (nSPS) is 15.2. The van der Waals surface area contributed by atoms with Crippen molar-refractivity contribution in [2.24, 2.45) is 7.05 Å². The highest BCUT2D eigenvalue weighted by Gasteiger charge is 2.28. The molecule has 8 heteroatoms. The van der Waals surface area contributed by atoms with E-state index in [1.165, 1.54) is 0 Å². The van der Waals surface area contributed by atoms with Crippen LogP contribution in [0.3, 0.4) is 0 Å². The van der Waals surface area contributed by atoms with Crippen LogP contribution < -0.4 is 4.90 Å². The Kier molecular flexibility index (Phi) is 5.67. The Hall–Kier alpha value is -3.00. The van der Waals surface area contributed by atoms with E-state index >= 15 is 0 Å². The van der Waals surface area contributed by atoms with Crippen molar-refractivity contribution in [3.05, 3.63) is 54.7 Å². The van der Waals surface area contributed by atoms with E-state index in [0.29, 0.717) is 36.5 Å². The fourth-order valence-corrected chi connectivity index (χ4v) is 5.58. The van der Waals surface area contributed by atoms with Gasteiger partial charge in [-0.15, -0.1) is 0 Å². The lowest BCUT2D eigenvalue weighted by atomic mass is 10.2. The van der Waals surface area contributed by atoms with Crippen LogP contribution >= 0.6 is 0 Å². The summed E-state index contributed by atoms with van der Waals surface area (Å²) in [7, 11) is -1.77. The number of sulfone groups is 1. The predicted molar refractivity (Wildman–Crippen MR) is 125 cm³/mol. The quantitative estimate of drug-likeness (QED) is 0.595. The zero-order valence-electron chi connectivity index (χ0n) is 18.9. The number of hydrogen-bond donors (Lipinski definition) is 0. The Bertz CT molecular complexity index is 1240. The van der Waals surface area contributed by atoms with Gasteiger partial charge in [0.15, 0.2) is 0 Å². The molecule has 2 heterocycles. The second-order valence-corrected chi connectivity index (χ2v) is 11.0. The van der Waals surface area contributed by atoms with Gasteiger partial charge in [0.25, 0.3) is 0 Å². The van der Waals surface area contributed by atoms with Gasteiger partial charge < -0.3 is 19.1 Å². The van der Waals surface area contributed by atoms with Crippen LogP contribution in [0.4, 0.5) is 10.5 Å². The summed E-state index contributed by atoms with van der Waals surface area (Å²) in [6.07, 6.45) is 1.39. The Morgan fingerprint density at radius 2 is 1.59 bits per heavy atom. The zero-order chi connectivity index (χ0) is 23.1. The maximum absolute atomic E-state index is 13.3. The maximum Gasteiger partial charge on any atom is 0.410 e. The number of fused-ring (bicyclic) bond motifs is 1. The molecule has 0 N–H and O–H groups in total. The van der Waals surface area contributed by atoms with E-state index in [4.69, 9.17) is 4.74 Å². The molecule has 1 saturated heterocycles. The van der Waals surface area contributed by atoms with Crippen molar-refractivity contribution in [1.29, 1.82) is 0 Å². The number of amides is 1. The highest BCUT2D eigenvalue weighted by Crippen LogP contribution is 2.35. The van der Waals surface area contributed by atoms with Crippen LogP contribution in [-0.2, 0) is 21.6 Å². The molecule has 0 radical (unpaired) electrons. The minimum absolute atomic E-state index is 0.281. The van der Waals surface area contributed by atoms with Gasteiger partial charge in [0.2, 0.25) is 9.84 Å². The third-order valence-corrected chi connectivity index (χ3v) is 7.36. The van der Waals surface area contributed by atoms with Crippen LogP contribution in [0.15, 0.2) is 64.5 Å². The number of carbonyl (C=O) groups excluding carboxylic acids is 1. The smallest absolute Gasteiger partial charge is 0.410 e. The van der Waals surface area contributed by atoms with E-state index in [0.717, 1.165) is 11.2 Å². The number of carbonyl (C=O) groups is 1. The average molecular weight is 456 g/mol. The van der Waals surface area contributed by atoms with Gasteiger partial charge in [-0.1, -0.05) is 30.3 Å². The first-order valence-corrected chi connectivity index (χ1v) is 12.2. The number of piperazine rings is 1. The molecule has 1 amide bonds. The molecule has 1 fully saturated rings. The van der Waals surface area contributed by atoms with Crippen LogP contribution in [0.2, 0.25) is 0 Å². The Morgan fingerprint density at radius 3 is 2.22 bits per heavy atom. The second kappa shape index (κ2) is 8.16. The lowest BCUT2D eigenvalue weighted by Gasteiger charge is -2.37. The van der Waals surface area contributed by atoms with E-state index < -0.39 is 15.4 Å². The molecule has 1 aliphatic heterocycles. The highest BCUT2D eigenvalue weighted by atomic mass is 32.2. The molecule has 7 nitrogen and oxygen atoms in total. The molecule has 2 aromatic carbocycles. The van der Waals surface area contributed by atoms with Crippen molar-refractivity contribution in [1.82, 2.24) is 9.47 Å². The Morgan fingerprint density at radius 1 is 0.938 bits per heavy atom. The molecule has 0 spiro atoms. The third-order valence-electron chi connectivity index (χ3n) is 5.56. The molecular weight excluding hydrogens is 426 g/mol. The minimum atomic E-state index is -3.64. The van der Waals surface area contributed by atoms with Crippen LogP contribution in [0, 0.1) is 0 Å². The topological polar surface area (TPSA) is 71.9 Å². The molecule has 0 bridgehead atoms. The Labute approximate surface area is 189 Å². The summed E-state index contributed by atoms with van der Waals surface area (Å²) in [6, 6.07) is 14.2. The molecule has 0 aliphatic carbocycles. The van der Waals surface area contributed by atoms with Crippen LogP contribution in [0.25, 0.3) is 10.9 Å². The SMILES string of the molecule is Cn1cc(S(=O)(=O)c2ccccc2)c2cccc(N3CCN(C(=O)OC(C)(C)C)CC3)c21. The number of nitrogens with zero attached hydrogens (tertiary/aromatic N) is 3. The summed E-state index contributed by atoms with van der Waals surface area (Å²) in [5.41, 5.74) is 1.31. The first-order valence-electron chi connectivity index (χ1n) is 10.7. The van der Waals surface area contributed by atoms with Gasteiger partial charge in [0.1, 0.15) is 5.60 Å². The summed E-state index contributed by atoms with van der Waals surface area (Å²) in [5.74, 6) is 0. The molecule has 32 heavy (non-hydrogen) atoms. The molecule has 1 aromatic heterocycles. The average Bonchev–Trinajstić information content (AvgIpc) is 3.11. The molecule has 170 valence electrons. The largest absolute Gasteiger partial charge is 0.444 e. The minimum Gasteiger partial charge on any atom is -0.444 e. The van der Waals surface area contributed by atoms with Crippen molar-refractivity contribution in [3.8, 4) is 0 Å².